The normalized spacial score (nSPS) is 12.8. The molecule has 40 heavy (non-hydrogen) atoms. The number of nitro benzene ring substituents is 1. The Bertz CT molecular complexity index is 1220. The number of amides is 4. The van der Waals surface area contributed by atoms with Gasteiger partial charge >= 0.3 is 12.1 Å². The monoisotopic (exact) mass is 557 g/mol. The first-order valence-corrected chi connectivity index (χ1v) is 12.2. The summed E-state index contributed by atoms with van der Waals surface area (Å²) in [7, 11) is 0. The van der Waals surface area contributed by atoms with Gasteiger partial charge in [0, 0.05) is 17.8 Å². The van der Waals surface area contributed by atoms with Crippen molar-refractivity contribution in [1.29, 1.82) is 0 Å². The molecule has 2 aromatic rings. The average Bonchev–Trinajstić information content (AvgIpc) is 2.90. The summed E-state index contributed by atoms with van der Waals surface area (Å²) in [6.07, 6.45) is -1.60. The van der Waals surface area contributed by atoms with Crippen molar-refractivity contribution in [2.24, 2.45) is 5.92 Å². The zero-order chi connectivity index (χ0) is 29.8. The number of anilines is 1. The van der Waals surface area contributed by atoms with Crippen molar-refractivity contribution >= 4 is 41.2 Å². The summed E-state index contributed by atoms with van der Waals surface area (Å²) in [5, 5.41) is 29.6. The lowest BCUT2D eigenvalue weighted by Crippen LogP contribution is -2.56. The van der Waals surface area contributed by atoms with E-state index in [0.29, 0.717) is 0 Å². The molecule has 0 unspecified atom stereocenters. The molecule has 3 atom stereocenters. The van der Waals surface area contributed by atoms with Gasteiger partial charge in [0.2, 0.25) is 17.7 Å². The van der Waals surface area contributed by atoms with Crippen LogP contribution >= 0.6 is 0 Å². The number of nitro groups is 1. The lowest BCUT2D eigenvalue weighted by molar-refractivity contribution is -0.384. The van der Waals surface area contributed by atoms with Crippen molar-refractivity contribution in [3.05, 3.63) is 70.3 Å². The fourth-order valence-corrected chi connectivity index (χ4v) is 3.37. The second kappa shape index (κ2) is 14.8. The first-order valence-electron chi connectivity index (χ1n) is 12.2. The molecule has 214 valence electrons. The third-order valence-electron chi connectivity index (χ3n) is 5.54. The number of alkyl carbamates (subject to hydrolysis) is 1. The maximum atomic E-state index is 12.8. The predicted molar refractivity (Wildman–Crippen MR) is 142 cm³/mol. The van der Waals surface area contributed by atoms with Crippen molar-refractivity contribution in [3.8, 4) is 0 Å². The number of aliphatic carboxylic acids is 1. The summed E-state index contributed by atoms with van der Waals surface area (Å²) in [6.45, 7) is 4.67. The van der Waals surface area contributed by atoms with E-state index in [2.05, 4.69) is 21.3 Å². The molecule has 2 rings (SSSR count). The highest BCUT2D eigenvalue weighted by Gasteiger charge is 2.30. The van der Waals surface area contributed by atoms with Crippen LogP contribution in [0.25, 0.3) is 0 Å². The molecule has 0 saturated carbocycles. The number of nitrogens with one attached hydrogen (secondary N) is 4. The number of hydrogen-bond donors (Lipinski definition) is 5. The molecule has 5 N–H and O–H groups in total. The van der Waals surface area contributed by atoms with Crippen LogP contribution in [-0.2, 0) is 30.5 Å². The summed E-state index contributed by atoms with van der Waals surface area (Å²) in [4.78, 5) is 72.0. The van der Waals surface area contributed by atoms with Crippen LogP contribution in [-0.4, -0.2) is 57.9 Å². The molecule has 14 nitrogen and oxygen atoms in total. The molecule has 0 aliphatic rings. The molecule has 14 heteroatoms. The van der Waals surface area contributed by atoms with Crippen LogP contribution in [0.4, 0.5) is 16.2 Å². The SMILES string of the molecule is CC(C)[C@H](NC(=O)OCc1ccccc1)C(=O)N[C@@H](C)C(=O)N[C@@H](CC(=O)O)C(=O)Nc1ccc([N+](=O)[O-])cc1. The first kappa shape index (κ1) is 31.2. The van der Waals surface area contributed by atoms with Crippen molar-refractivity contribution in [3.63, 3.8) is 0 Å². The van der Waals surface area contributed by atoms with Gasteiger partial charge in [0.05, 0.1) is 11.3 Å². The number of carbonyl (C=O) groups is 5. The Morgan fingerprint density at radius 2 is 1.50 bits per heavy atom. The smallest absolute Gasteiger partial charge is 0.408 e. The van der Waals surface area contributed by atoms with Crippen LogP contribution in [0, 0.1) is 16.0 Å². The Hall–Kier alpha value is -5.01. The summed E-state index contributed by atoms with van der Waals surface area (Å²) in [6, 6.07) is 9.93. The quantitative estimate of drug-likeness (QED) is 0.180. The fourth-order valence-electron chi connectivity index (χ4n) is 3.37. The van der Waals surface area contributed by atoms with E-state index in [9.17, 15) is 39.2 Å². The number of carboxylic acid groups (broad SMARTS) is 1. The highest BCUT2D eigenvalue weighted by molar-refractivity contribution is 6.00. The van der Waals surface area contributed by atoms with Gasteiger partial charge in [-0.15, -0.1) is 0 Å². The van der Waals surface area contributed by atoms with E-state index < -0.39 is 59.3 Å². The summed E-state index contributed by atoms with van der Waals surface area (Å²) >= 11 is 0. The number of benzene rings is 2. The van der Waals surface area contributed by atoms with Gasteiger partial charge < -0.3 is 31.1 Å². The van der Waals surface area contributed by atoms with Gasteiger partial charge in [0.25, 0.3) is 5.69 Å². The highest BCUT2D eigenvalue weighted by atomic mass is 16.6. The van der Waals surface area contributed by atoms with E-state index in [4.69, 9.17) is 4.74 Å². The van der Waals surface area contributed by atoms with Gasteiger partial charge in [-0.25, -0.2) is 4.79 Å². The molecule has 0 heterocycles. The van der Waals surface area contributed by atoms with E-state index in [-0.39, 0.29) is 23.9 Å². The summed E-state index contributed by atoms with van der Waals surface area (Å²) in [5.74, 6) is -4.19. The number of nitrogens with zero attached hydrogens (tertiary/aromatic N) is 1. The molecule has 4 amide bonds. The minimum absolute atomic E-state index is 0.00911. The zero-order valence-corrected chi connectivity index (χ0v) is 22.1. The van der Waals surface area contributed by atoms with Crippen molar-refractivity contribution in [2.45, 2.75) is 51.9 Å². The molecule has 0 radical (unpaired) electrons. The van der Waals surface area contributed by atoms with Crippen LogP contribution in [0.1, 0.15) is 32.8 Å². The van der Waals surface area contributed by atoms with Crippen LogP contribution in [0.15, 0.2) is 54.6 Å². The number of hydrogen-bond acceptors (Lipinski definition) is 8. The molecule has 2 aromatic carbocycles. The van der Waals surface area contributed by atoms with Crippen LogP contribution in [0.5, 0.6) is 0 Å². The van der Waals surface area contributed by atoms with Gasteiger partial charge in [-0.1, -0.05) is 44.2 Å². The van der Waals surface area contributed by atoms with E-state index in [1.54, 1.807) is 38.1 Å². The number of carboxylic acids is 1. The topological polar surface area (TPSA) is 206 Å². The highest BCUT2D eigenvalue weighted by Crippen LogP contribution is 2.16. The van der Waals surface area contributed by atoms with Gasteiger partial charge in [0.15, 0.2) is 0 Å². The Balaban J connectivity index is 1.98. The largest absolute Gasteiger partial charge is 0.481 e. The average molecular weight is 558 g/mol. The molecule has 0 aromatic heterocycles. The maximum absolute atomic E-state index is 12.8. The van der Waals surface area contributed by atoms with Gasteiger partial charge in [0.1, 0.15) is 24.7 Å². The Labute approximate surface area is 229 Å². The Morgan fingerprint density at radius 3 is 2.05 bits per heavy atom. The fraction of sp³-hybridized carbons (Fsp3) is 0.346. The van der Waals surface area contributed by atoms with Crippen molar-refractivity contribution in [1.82, 2.24) is 16.0 Å². The van der Waals surface area contributed by atoms with Crippen molar-refractivity contribution in [2.75, 3.05) is 5.32 Å². The van der Waals surface area contributed by atoms with Gasteiger partial charge in [-0.3, -0.25) is 29.3 Å². The standard InChI is InChI=1S/C26H31N5O9/c1-15(2)22(30-26(37)40-14-17-7-5-4-6-8-17)25(36)27-16(3)23(34)29-20(13-21(32)33)24(35)28-18-9-11-19(12-10-18)31(38)39/h4-12,15-16,20,22H,13-14H2,1-3H3,(H,27,36)(H,28,35)(H,29,34)(H,30,37)(H,32,33)/t16-,20-,22-/m0/s1. The van der Waals surface area contributed by atoms with E-state index in [1.165, 1.54) is 19.1 Å². The summed E-state index contributed by atoms with van der Waals surface area (Å²) in [5.41, 5.74) is 0.685. The molecule has 0 fully saturated rings. The van der Waals surface area contributed by atoms with E-state index in [1.807, 2.05) is 6.07 Å². The number of non-ortho nitro benzene ring substituents is 1. The maximum Gasteiger partial charge on any atom is 0.408 e. The second-order valence-corrected chi connectivity index (χ2v) is 9.11. The molecule has 0 bridgehead atoms. The van der Waals surface area contributed by atoms with E-state index >= 15 is 0 Å². The first-order chi connectivity index (χ1) is 18.9. The minimum atomic E-state index is -1.52. The number of carbonyl (C=O) groups excluding carboxylic acids is 4. The number of rotatable bonds is 13. The predicted octanol–water partition coefficient (Wildman–Crippen LogP) is 1.95. The van der Waals surface area contributed by atoms with E-state index in [0.717, 1.165) is 17.7 Å². The molecule has 0 aliphatic heterocycles. The number of ether oxygens (including phenoxy) is 1. The third kappa shape index (κ3) is 10.0. The molecular formula is C26H31N5O9. The van der Waals surface area contributed by atoms with Crippen LogP contribution in [0.3, 0.4) is 0 Å². The lowest BCUT2D eigenvalue weighted by Gasteiger charge is -2.24. The van der Waals surface area contributed by atoms with Crippen LogP contribution < -0.4 is 21.3 Å². The minimum Gasteiger partial charge on any atom is -0.481 e. The lowest BCUT2D eigenvalue weighted by atomic mass is 10.0. The summed E-state index contributed by atoms with van der Waals surface area (Å²) < 4.78 is 5.15. The zero-order valence-electron chi connectivity index (χ0n) is 22.1. The van der Waals surface area contributed by atoms with Crippen LogP contribution in [0.2, 0.25) is 0 Å². The molecule has 0 spiro atoms. The molecular weight excluding hydrogens is 526 g/mol. The van der Waals surface area contributed by atoms with Crippen molar-refractivity contribution < 1.29 is 38.7 Å². The van der Waals surface area contributed by atoms with Gasteiger partial charge in [-0.2, -0.15) is 0 Å². The molecule has 0 aliphatic carbocycles. The van der Waals surface area contributed by atoms with Gasteiger partial charge in [-0.05, 0) is 30.5 Å². The third-order valence-corrected chi connectivity index (χ3v) is 5.54. The Kier molecular flexibility index (Phi) is 11.5. The second-order valence-electron chi connectivity index (χ2n) is 9.11. The Morgan fingerprint density at radius 1 is 0.875 bits per heavy atom. The molecule has 0 saturated heterocycles.